The third-order valence-corrected chi connectivity index (χ3v) is 3.20. The van der Waals surface area contributed by atoms with E-state index in [4.69, 9.17) is 0 Å². The number of phenols is 2. The molecule has 114 valence electrons. The van der Waals surface area contributed by atoms with E-state index >= 15 is 0 Å². The molecule has 0 atom stereocenters. The van der Waals surface area contributed by atoms with Gasteiger partial charge >= 0.3 is 0 Å². The van der Waals surface area contributed by atoms with Crippen molar-refractivity contribution in [2.45, 2.75) is 19.8 Å². The number of amides is 1. The van der Waals surface area contributed by atoms with Crippen molar-refractivity contribution in [3.05, 3.63) is 59.7 Å². The van der Waals surface area contributed by atoms with E-state index in [1.165, 1.54) is 18.2 Å². The maximum Gasteiger partial charge on any atom is 0.240 e. The number of nitrogens with zero attached hydrogens (tertiary/aromatic N) is 1. The van der Waals surface area contributed by atoms with Crippen LogP contribution in [0.25, 0.3) is 0 Å². The average molecular weight is 298 g/mol. The highest BCUT2D eigenvalue weighted by atomic mass is 16.3. The van der Waals surface area contributed by atoms with E-state index in [1.807, 2.05) is 30.3 Å². The SMILES string of the molecule is C/C(=N\NC(=O)CCc1ccccc1)c1cc(O)ccc1O. The second kappa shape index (κ2) is 7.26. The second-order valence-corrected chi connectivity index (χ2v) is 4.92. The van der Waals surface area contributed by atoms with E-state index in [0.717, 1.165) is 5.56 Å². The lowest BCUT2D eigenvalue weighted by Gasteiger charge is -2.06. The van der Waals surface area contributed by atoms with Gasteiger partial charge in [0.05, 0.1) is 5.71 Å². The van der Waals surface area contributed by atoms with Crippen molar-refractivity contribution in [1.29, 1.82) is 0 Å². The first kappa shape index (κ1) is 15.6. The number of nitrogens with one attached hydrogen (secondary N) is 1. The zero-order valence-corrected chi connectivity index (χ0v) is 12.3. The molecule has 0 bridgehead atoms. The van der Waals surface area contributed by atoms with Crippen molar-refractivity contribution in [1.82, 2.24) is 5.43 Å². The molecule has 0 radical (unpaired) electrons. The van der Waals surface area contributed by atoms with Crippen LogP contribution in [-0.2, 0) is 11.2 Å². The number of aromatic hydroxyl groups is 2. The second-order valence-electron chi connectivity index (χ2n) is 4.92. The van der Waals surface area contributed by atoms with Crippen LogP contribution in [0.3, 0.4) is 0 Å². The smallest absolute Gasteiger partial charge is 0.240 e. The van der Waals surface area contributed by atoms with Gasteiger partial charge in [0.15, 0.2) is 0 Å². The van der Waals surface area contributed by atoms with Crippen molar-refractivity contribution < 1.29 is 15.0 Å². The Morgan fingerprint density at radius 2 is 1.86 bits per heavy atom. The highest BCUT2D eigenvalue weighted by molar-refractivity contribution is 6.01. The molecule has 0 aliphatic carbocycles. The van der Waals surface area contributed by atoms with Crippen LogP contribution in [0.5, 0.6) is 11.5 Å². The molecule has 0 aliphatic rings. The van der Waals surface area contributed by atoms with Crippen LogP contribution in [0.4, 0.5) is 0 Å². The highest BCUT2D eigenvalue weighted by Crippen LogP contribution is 2.22. The summed E-state index contributed by atoms with van der Waals surface area (Å²) in [6.45, 7) is 1.64. The molecule has 22 heavy (non-hydrogen) atoms. The number of hydrazone groups is 1. The summed E-state index contributed by atoms with van der Waals surface area (Å²) >= 11 is 0. The summed E-state index contributed by atoms with van der Waals surface area (Å²) in [6, 6.07) is 13.9. The maximum absolute atomic E-state index is 11.8. The molecule has 0 saturated carbocycles. The zero-order chi connectivity index (χ0) is 15.9. The zero-order valence-electron chi connectivity index (χ0n) is 12.3. The van der Waals surface area contributed by atoms with Crippen LogP contribution in [0.1, 0.15) is 24.5 Å². The van der Waals surface area contributed by atoms with Crippen LogP contribution < -0.4 is 5.43 Å². The minimum Gasteiger partial charge on any atom is -0.508 e. The minimum atomic E-state index is -0.206. The van der Waals surface area contributed by atoms with Crippen LogP contribution in [0.15, 0.2) is 53.6 Å². The molecular formula is C17H18N2O3. The molecule has 3 N–H and O–H groups in total. The van der Waals surface area contributed by atoms with E-state index < -0.39 is 0 Å². The minimum absolute atomic E-state index is 0.00224. The Hall–Kier alpha value is -2.82. The first-order valence-corrected chi connectivity index (χ1v) is 6.95. The highest BCUT2D eigenvalue weighted by Gasteiger charge is 2.07. The van der Waals surface area contributed by atoms with Crippen LogP contribution >= 0.6 is 0 Å². The molecule has 0 unspecified atom stereocenters. The van der Waals surface area contributed by atoms with Crippen LogP contribution in [0, 0.1) is 0 Å². The summed E-state index contributed by atoms with van der Waals surface area (Å²) in [5.74, 6) is -0.182. The molecule has 5 heteroatoms. The first-order valence-electron chi connectivity index (χ1n) is 6.95. The number of carbonyl (C=O) groups is 1. The average Bonchev–Trinajstić information content (AvgIpc) is 2.54. The predicted octanol–water partition coefficient (Wildman–Crippen LogP) is 2.57. The standard InChI is InChI=1S/C17H18N2O3/c1-12(15-11-14(20)8-9-16(15)21)18-19-17(22)10-7-13-5-3-2-4-6-13/h2-6,8-9,11,20-21H,7,10H2,1H3,(H,19,22)/b18-12+. The fraction of sp³-hybridized carbons (Fsp3) is 0.176. The van der Waals surface area contributed by atoms with Gasteiger partial charge in [-0.1, -0.05) is 30.3 Å². The fourth-order valence-electron chi connectivity index (χ4n) is 1.98. The molecule has 2 aromatic carbocycles. The number of phenolic OH excluding ortho intramolecular Hbond substituents is 2. The molecule has 0 fully saturated rings. The molecular weight excluding hydrogens is 280 g/mol. The summed E-state index contributed by atoms with van der Waals surface area (Å²) in [5.41, 5.74) is 4.34. The third-order valence-electron chi connectivity index (χ3n) is 3.20. The topological polar surface area (TPSA) is 81.9 Å². The molecule has 0 spiro atoms. The van der Waals surface area contributed by atoms with Gasteiger partial charge in [-0.3, -0.25) is 4.79 Å². The van der Waals surface area contributed by atoms with Gasteiger partial charge < -0.3 is 10.2 Å². The van der Waals surface area contributed by atoms with Gasteiger partial charge in [0.25, 0.3) is 0 Å². The predicted molar refractivity (Wildman–Crippen MR) is 84.9 cm³/mol. The summed E-state index contributed by atoms with van der Waals surface area (Å²) in [5, 5.41) is 23.1. The van der Waals surface area contributed by atoms with Gasteiger partial charge in [0, 0.05) is 12.0 Å². The number of aryl methyl sites for hydroxylation is 1. The molecule has 0 aliphatic heterocycles. The molecule has 0 saturated heterocycles. The normalized spacial score (nSPS) is 11.2. The van der Waals surface area contributed by atoms with Crippen molar-refractivity contribution in [3.63, 3.8) is 0 Å². The summed E-state index contributed by atoms with van der Waals surface area (Å²) in [4.78, 5) is 11.8. The van der Waals surface area contributed by atoms with E-state index in [-0.39, 0.29) is 17.4 Å². The molecule has 1 amide bonds. The summed E-state index contributed by atoms with van der Waals surface area (Å²) < 4.78 is 0. The lowest BCUT2D eigenvalue weighted by Crippen LogP contribution is -2.19. The molecule has 0 aromatic heterocycles. The van der Waals surface area contributed by atoms with Crippen LogP contribution in [0.2, 0.25) is 0 Å². The Morgan fingerprint density at radius 3 is 2.59 bits per heavy atom. The molecule has 2 rings (SSSR count). The van der Waals surface area contributed by atoms with E-state index in [0.29, 0.717) is 24.1 Å². The van der Waals surface area contributed by atoms with Gasteiger partial charge in [0.2, 0.25) is 5.91 Å². The number of benzene rings is 2. The van der Waals surface area contributed by atoms with Crippen molar-refractivity contribution in [2.75, 3.05) is 0 Å². The Bertz CT molecular complexity index is 682. The number of rotatable bonds is 5. The Balaban J connectivity index is 1.93. The monoisotopic (exact) mass is 298 g/mol. The molecule has 5 nitrogen and oxygen atoms in total. The van der Waals surface area contributed by atoms with Crippen molar-refractivity contribution in [2.24, 2.45) is 5.10 Å². The van der Waals surface area contributed by atoms with Crippen molar-refractivity contribution >= 4 is 11.6 Å². The maximum atomic E-state index is 11.8. The van der Waals surface area contributed by atoms with E-state index in [2.05, 4.69) is 10.5 Å². The number of hydrogen-bond donors (Lipinski definition) is 3. The molecule has 0 heterocycles. The summed E-state index contributed by atoms with van der Waals surface area (Å²) in [7, 11) is 0. The Labute approximate surface area is 128 Å². The van der Waals surface area contributed by atoms with Crippen molar-refractivity contribution in [3.8, 4) is 11.5 Å². The largest absolute Gasteiger partial charge is 0.508 e. The Morgan fingerprint density at radius 1 is 1.14 bits per heavy atom. The quantitative estimate of drug-likeness (QED) is 0.451. The van der Waals surface area contributed by atoms with E-state index in [9.17, 15) is 15.0 Å². The van der Waals surface area contributed by atoms with Gasteiger partial charge in [-0.2, -0.15) is 5.10 Å². The first-order chi connectivity index (χ1) is 10.6. The van der Waals surface area contributed by atoms with Gasteiger partial charge in [-0.25, -0.2) is 5.43 Å². The van der Waals surface area contributed by atoms with Gasteiger partial charge in [-0.05, 0) is 37.1 Å². The third kappa shape index (κ3) is 4.34. The van der Waals surface area contributed by atoms with Gasteiger partial charge in [-0.15, -0.1) is 0 Å². The van der Waals surface area contributed by atoms with Crippen LogP contribution in [-0.4, -0.2) is 21.8 Å². The molecule has 2 aromatic rings. The number of hydrogen-bond acceptors (Lipinski definition) is 4. The fourth-order valence-corrected chi connectivity index (χ4v) is 1.98. The lowest BCUT2D eigenvalue weighted by molar-refractivity contribution is -0.121. The van der Waals surface area contributed by atoms with E-state index in [1.54, 1.807) is 6.92 Å². The lowest BCUT2D eigenvalue weighted by atomic mass is 10.1. The van der Waals surface area contributed by atoms with Gasteiger partial charge in [0.1, 0.15) is 11.5 Å². The summed E-state index contributed by atoms with van der Waals surface area (Å²) in [6.07, 6.45) is 0.964. The Kier molecular flexibility index (Phi) is 5.14. The number of carbonyl (C=O) groups excluding carboxylic acids is 1.